The smallest absolute Gasteiger partial charge is 0.155 e. The van der Waals surface area contributed by atoms with E-state index in [4.69, 9.17) is 21.4 Å². The van der Waals surface area contributed by atoms with Crippen molar-refractivity contribution in [3.05, 3.63) is 24.2 Å². The van der Waals surface area contributed by atoms with Crippen LogP contribution in [0.15, 0.2) is 22.8 Å². The van der Waals surface area contributed by atoms with Gasteiger partial charge in [0.15, 0.2) is 6.67 Å². The van der Waals surface area contributed by atoms with Crippen molar-refractivity contribution >= 4 is 28.3 Å². The molecule has 17 heavy (non-hydrogen) atoms. The van der Waals surface area contributed by atoms with Crippen LogP contribution in [0.25, 0.3) is 0 Å². The number of nitrogens with zero attached hydrogens (tertiary/aromatic N) is 1. The van der Waals surface area contributed by atoms with E-state index < -0.39 is 0 Å². The van der Waals surface area contributed by atoms with Gasteiger partial charge in [0.05, 0.1) is 19.4 Å². The Kier molecular flexibility index (Phi) is 4.85. The normalized spacial score (nSPS) is 20.9. The number of hydrogen-bond donors (Lipinski definition) is 1. The van der Waals surface area contributed by atoms with Crippen LogP contribution < -0.4 is 4.90 Å². The van der Waals surface area contributed by atoms with Crippen LogP contribution in [0, 0.1) is 0 Å². The highest BCUT2D eigenvalue weighted by atomic mass is 32.2. The van der Waals surface area contributed by atoms with E-state index in [1.807, 2.05) is 12.1 Å². The van der Waals surface area contributed by atoms with E-state index in [0.717, 1.165) is 42.3 Å². The fourth-order valence-electron chi connectivity index (χ4n) is 1.74. The molecule has 6 heteroatoms. The zero-order valence-electron chi connectivity index (χ0n) is 9.85. The van der Waals surface area contributed by atoms with E-state index in [0.29, 0.717) is 0 Å². The quantitative estimate of drug-likeness (QED) is 0.792. The van der Waals surface area contributed by atoms with Crippen LogP contribution in [0.5, 0.6) is 0 Å². The summed E-state index contributed by atoms with van der Waals surface area (Å²) in [6, 6.07) is 3.89. The minimum Gasteiger partial charge on any atom is -0.467 e. The summed E-state index contributed by atoms with van der Waals surface area (Å²) in [6.45, 7) is 3.49. The Morgan fingerprint density at radius 1 is 1.65 bits per heavy atom. The van der Waals surface area contributed by atoms with Crippen LogP contribution in [0.1, 0.15) is 5.76 Å². The van der Waals surface area contributed by atoms with Crippen molar-refractivity contribution in [1.82, 2.24) is 4.90 Å². The summed E-state index contributed by atoms with van der Waals surface area (Å²) < 4.78 is 11.4. The molecule has 0 bridgehead atoms. The third-order valence-electron chi connectivity index (χ3n) is 2.66. The summed E-state index contributed by atoms with van der Waals surface area (Å²) in [7, 11) is 1.74. The largest absolute Gasteiger partial charge is 0.467 e. The van der Waals surface area contributed by atoms with Crippen LogP contribution in [0.4, 0.5) is 0 Å². The molecule has 4 nitrogen and oxygen atoms in total. The Morgan fingerprint density at radius 2 is 2.53 bits per heavy atom. The predicted octanol–water partition coefficient (Wildman–Crippen LogP) is 0.560. The van der Waals surface area contributed by atoms with Crippen LogP contribution in [0.3, 0.4) is 0 Å². The van der Waals surface area contributed by atoms with Gasteiger partial charge in [-0.15, -0.1) is 0 Å². The van der Waals surface area contributed by atoms with E-state index in [9.17, 15) is 0 Å². The number of methoxy groups -OCH3 is 1. The summed E-state index contributed by atoms with van der Waals surface area (Å²) in [5.41, 5.74) is 0. The molecule has 0 saturated carbocycles. The third kappa shape index (κ3) is 3.70. The maximum atomic E-state index is 5.37. The molecule has 1 fully saturated rings. The molecule has 0 radical (unpaired) electrons. The van der Waals surface area contributed by atoms with Crippen LogP contribution in [0.2, 0.25) is 0 Å². The Morgan fingerprint density at radius 3 is 3.24 bits per heavy atom. The first kappa shape index (κ1) is 12.9. The first-order valence-corrected chi connectivity index (χ1v) is 6.95. The molecule has 1 aliphatic rings. The monoisotopic (exact) mass is 273 g/mol. The van der Waals surface area contributed by atoms with Gasteiger partial charge in [0.1, 0.15) is 22.5 Å². The van der Waals surface area contributed by atoms with Crippen molar-refractivity contribution in [2.75, 3.05) is 32.8 Å². The van der Waals surface area contributed by atoms with Gasteiger partial charge in [0.25, 0.3) is 0 Å². The van der Waals surface area contributed by atoms with Crippen molar-refractivity contribution in [3.8, 4) is 0 Å². The molecule has 1 unspecified atom stereocenters. The van der Waals surface area contributed by atoms with Crippen LogP contribution >= 0.6 is 24.0 Å². The van der Waals surface area contributed by atoms with E-state index in [-0.39, 0.29) is 0 Å². The first-order valence-electron chi connectivity index (χ1n) is 5.56. The lowest BCUT2D eigenvalue weighted by Crippen LogP contribution is -3.14. The summed E-state index contributed by atoms with van der Waals surface area (Å²) in [6.07, 6.45) is 1.70. The molecule has 1 N–H and O–H groups in total. The minimum absolute atomic E-state index is 0.759. The summed E-state index contributed by atoms with van der Waals surface area (Å²) in [4.78, 5) is 3.67. The molecule has 0 aromatic carbocycles. The number of ether oxygens (including phenoxy) is 1. The lowest BCUT2D eigenvalue weighted by Gasteiger charge is -2.33. The van der Waals surface area contributed by atoms with E-state index in [1.165, 1.54) is 4.90 Å². The van der Waals surface area contributed by atoms with Gasteiger partial charge in [-0.25, -0.2) is 0 Å². The molecule has 0 spiro atoms. The number of thiocarbonyl (C=S) groups is 1. The molecule has 0 amide bonds. The minimum atomic E-state index is 0.759. The first-order chi connectivity index (χ1) is 8.29. The molecule has 94 valence electrons. The standard InChI is InChI=1S/C11H16N2O2S2/c1-14-6-4-12-8-13(11(16)17-9-12)7-10-3-2-5-15-10/h2-3,5H,4,6-9H2,1H3/p+1. The Bertz CT molecular complexity index is 356. The zero-order chi connectivity index (χ0) is 12.1. The van der Waals surface area contributed by atoms with Gasteiger partial charge >= 0.3 is 0 Å². The average Bonchev–Trinajstić information content (AvgIpc) is 2.83. The number of thioether (sulfide) groups is 1. The van der Waals surface area contributed by atoms with E-state index in [2.05, 4.69) is 4.90 Å². The van der Waals surface area contributed by atoms with Crippen molar-refractivity contribution < 1.29 is 14.1 Å². The second kappa shape index (κ2) is 6.39. The van der Waals surface area contributed by atoms with Crippen molar-refractivity contribution in [3.63, 3.8) is 0 Å². The highest BCUT2D eigenvalue weighted by Crippen LogP contribution is 2.13. The van der Waals surface area contributed by atoms with Crippen LogP contribution in [-0.2, 0) is 11.3 Å². The maximum absolute atomic E-state index is 5.37. The lowest BCUT2D eigenvalue weighted by atomic mass is 10.4. The van der Waals surface area contributed by atoms with Gasteiger partial charge in [-0.1, -0.05) is 12.2 Å². The number of furan rings is 1. The fourth-order valence-corrected chi connectivity index (χ4v) is 2.92. The van der Waals surface area contributed by atoms with Gasteiger partial charge in [-0.05, 0) is 23.9 Å². The molecule has 0 aliphatic carbocycles. The van der Waals surface area contributed by atoms with E-state index >= 15 is 0 Å². The fraction of sp³-hybridized carbons (Fsp3) is 0.545. The second-order valence-electron chi connectivity index (χ2n) is 3.98. The van der Waals surface area contributed by atoms with Gasteiger partial charge in [-0.3, -0.25) is 0 Å². The van der Waals surface area contributed by atoms with Gasteiger partial charge in [-0.2, -0.15) is 0 Å². The molecule has 1 aromatic rings. The summed E-state index contributed by atoms with van der Waals surface area (Å²) in [5.74, 6) is 1.98. The molecule has 1 aliphatic heterocycles. The van der Waals surface area contributed by atoms with Gasteiger partial charge in [0.2, 0.25) is 0 Å². The van der Waals surface area contributed by atoms with Crippen molar-refractivity contribution in [2.24, 2.45) is 0 Å². The molecule has 1 saturated heterocycles. The lowest BCUT2D eigenvalue weighted by molar-refractivity contribution is -0.897. The average molecular weight is 273 g/mol. The Hall–Kier alpha value is -0.560. The molecule has 2 rings (SSSR count). The molecule has 1 aromatic heterocycles. The number of nitrogens with one attached hydrogen (secondary N) is 1. The second-order valence-corrected chi connectivity index (χ2v) is 5.59. The molecule has 2 heterocycles. The van der Waals surface area contributed by atoms with Crippen LogP contribution in [-0.4, -0.2) is 42.0 Å². The van der Waals surface area contributed by atoms with Gasteiger partial charge < -0.3 is 19.0 Å². The van der Waals surface area contributed by atoms with Crippen molar-refractivity contribution in [2.45, 2.75) is 6.54 Å². The maximum Gasteiger partial charge on any atom is 0.155 e. The summed E-state index contributed by atoms with van der Waals surface area (Å²) >= 11 is 7.10. The van der Waals surface area contributed by atoms with E-state index in [1.54, 1.807) is 25.1 Å². The topological polar surface area (TPSA) is 30.1 Å². The molecule has 1 atom stereocenters. The Balaban J connectivity index is 1.88. The predicted molar refractivity (Wildman–Crippen MR) is 71.9 cm³/mol. The highest BCUT2D eigenvalue weighted by molar-refractivity contribution is 8.22. The molecular weight excluding hydrogens is 256 g/mol. The highest BCUT2D eigenvalue weighted by Gasteiger charge is 2.24. The number of rotatable bonds is 5. The summed E-state index contributed by atoms with van der Waals surface area (Å²) in [5, 5.41) is 0. The molecular formula is C11H17N2O2S2+. The SMILES string of the molecule is COCC[NH+]1CSC(=S)N(Cc2ccco2)C1. The van der Waals surface area contributed by atoms with Crippen molar-refractivity contribution in [1.29, 1.82) is 0 Å². The zero-order valence-corrected chi connectivity index (χ0v) is 11.5. The number of hydrogen-bond acceptors (Lipinski definition) is 4. The van der Waals surface area contributed by atoms with Gasteiger partial charge in [0, 0.05) is 7.11 Å². The Labute approximate surface area is 111 Å². The number of quaternary nitrogens is 1. The third-order valence-corrected chi connectivity index (χ3v) is 4.33.